The highest BCUT2D eigenvalue weighted by Gasteiger charge is 1.86. The first-order chi connectivity index (χ1) is 3.81. The molecule has 0 radical (unpaired) electrons. The zero-order chi connectivity index (χ0) is 6.41. The molecular formula is C6H13NS. The van der Waals surface area contributed by atoms with Gasteiger partial charge in [0.25, 0.3) is 0 Å². The lowest BCUT2D eigenvalue weighted by Gasteiger charge is -1.99. The van der Waals surface area contributed by atoms with Crippen LogP contribution in [0, 0.1) is 0 Å². The lowest BCUT2D eigenvalue weighted by atomic mass is 10.3. The molecular weight excluding hydrogens is 118 g/mol. The second-order valence-corrected chi connectivity index (χ2v) is 2.58. The van der Waals surface area contributed by atoms with Crippen LogP contribution in [0.2, 0.25) is 0 Å². The minimum absolute atomic E-state index is 0.945. The zero-order valence-corrected chi connectivity index (χ0v) is 6.35. The van der Waals surface area contributed by atoms with Crippen molar-refractivity contribution in [2.24, 2.45) is 0 Å². The van der Waals surface area contributed by atoms with Crippen LogP contribution in [-0.4, -0.2) is 25.6 Å². The molecule has 0 aliphatic carbocycles. The molecule has 48 valence electrons. The molecule has 0 saturated heterocycles. The molecule has 0 spiro atoms. The van der Waals surface area contributed by atoms with Gasteiger partial charge in [-0.3, -0.25) is 0 Å². The van der Waals surface area contributed by atoms with Crippen LogP contribution < -0.4 is 5.32 Å². The second-order valence-electron chi connectivity index (χ2n) is 1.71. The third-order valence-corrected chi connectivity index (χ3v) is 1.47. The first-order valence-electron chi connectivity index (χ1n) is 2.61. The van der Waals surface area contributed by atoms with Crippen LogP contribution in [0.5, 0.6) is 0 Å². The molecule has 8 heavy (non-hydrogen) atoms. The number of likely N-dealkylation sites (N-methyl/N-ethyl adjacent to an activating group) is 1. The maximum atomic E-state index is 3.85. The van der Waals surface area contributed by atoms with E-state index in [0.29, 0.717) is 0 Å². The van der Waals surface area contributed by atoms with E-state index in [4.69, 9.17) is 0 Å². The summed E-state index contributed by atoms with van der Waals surface area (Å²) in [6.07, 6.45) is 2.08. The fraction of sp³-hybridized carbons (Fsp3) is 0.667. The molecule has 0 aromatic carbocycles. The Morgan fingerprint density at radius 3 is 2.75 bits per heavy atom. The van der Waals surface area contributed by atoms with E-state index in [0.717, 1.165) is 12.3 Å². The van der Waals surface area contributed by atoms with E-state index < -0.39 is 0 Å². The maximum Gasteiger partial charge on any atom is 0.0167 e. The Hall–Kier alpha value is 0.0500. The summed E-state index contributed by atoms with van der Waals surface area (Å²) < 4.78 is 0. The standard InChI is InChI=1S/C6H13NS/c1-6(4-7-2)5-8-3/h7H,1,4-5H2,2-3H3. The quantitative estimate of drug-likeness (QED) is 0.574. The fourth-order valence-electron chi connectivity index (χ4n) is 0.505. The first-order valence-corrected chi connectivity index (χ1v) is 4.00. The summed E-state index contributed by atoms with van der Waals surface area (Å²) in [5.41, 5.74) is 1.26. The smallest absolute Gasteiger partial charge is 0.0167 e. The molecule has 1 N–H and O–H groups in total. The van der Waals surface area contributed by atoms with E-state index in [9.17, 15) is 0 Å². The third-order valence-electron chi connectivity index (χ3n) is 0.775. The Morgan fingerprint density at radius 2 is 2.38 bits per heavy atom. The summed E-state index contributed by atoms with van der Waals surface area (Å²) in [5, 5.41) is 3.04. The van der Waals surface area contributed by atoms with Crippen LogP contribution in [-0.2, 0) is 0 Å². The molecule has 0 aliphatic rings. The van der Waals surface area contributed by atoms with Crippen molar-refractivity contribution in [1.82, 2.24) is 5.32 Å². The number of hydrogen-bond donors (Lipinski definition) is 1. The number of rotatable bonds is 4. The van der Waals surface area contributed by atoms with Gasteiger partial charge in [0, 0.05) is 12.3 Å². The Balaban J connectivity index is 3.06. The third kappa shape index (κ3) is 4.22. The summed E-state index contributed by atoms with van der Waals surface area (Å²) in [5.74, 6) is 1.07. The van der Waals surface area contributed by atoms with Crippen LogP contribution in [0.25, 0.3) is 0 Å². The normalized spacial score (nSPS) is 9.25. The highest BCUT2D eigenvalue weighted by molar-refractivity contribution is 7.98. The predicted molar refractivity (Wildman–Crippen MR) is 41.4 cm³/mol. The molecule has 0 aliphatic heterocycles. The molecule has 0 rings (SSSR count). The highest BCUT2D eigenvalue weighted by atomic mass is 32.2. The topological polar surface area (TPSA) is 12.0 Å². The van der Waals surface area contributed by atoms with Gasteiger partial charge in [0.15, 0.2) is 0 Å². The lowest BCUT2D eigenvalue weighted by molar-refractivity contribution is 0.886. The first kappa shape index (κ1) is 8.05. The van der Waals surface area contributed by atoms with Gasteiger partial charge in [-0.05, 0) is 13.3 Å². The van der Waals surface area contributed by atoms with Crippen molar-refractivity contribution in [3.8, 4) is 0 Å². The molecule has 2 heteroatoms. The Labute approximate surface area is 55.5 Å². The molecule has 0 fully saturated rings. The van der Waals surface area contributed by atoms with Gasteiger partial charge in [0.05, 0.1) is 0 Å². The van der Waals surface area contributed by atoms with Crippen LogP contribution in [0.1, 0.15) is 0 Å². The summed E-state index contributed by atoms with van der Waals surface area (Å²) in [7, 11) is 1.94. The fourth-order valence-corrected chi connectivity index (χ4v) is 1.02. The Kier molecular flexibility index (Phi) is 5.22. The van der Waals surface area contributed by atoms with Crippen molar-refractivity contribution in [1.29, 1.82) is 0 Å². The molecule has 0 unspecified atom stereocenters. The lowest BCUT2D eigenvalue weighted by Crippen LogP contribution is -2.10. The van der Waals surface area contributed by atoms with Crippen molar-refractivity contribution in [3.63, 3.8) is 0 Å². The average Bonchev–Trinajstić information content (AvgIpc) is 1.68. The van der Waals surface area contributed by atoms with Crippen molar-refractivity contribution < 1.29 is 0 Å². The van der Waals surface area contributed by atoms with Crippen LogP contribution >= 0.6 is 11.8 Å². The van der Waals surface area contributed by atoms with E-state index >= 15 is 0 Å². The van der Waals surface area contributed by atoms with E-state index in [1.54, 1.807) is 0 Å². The van der Waals surface area contributed by atoms with Crippen molar-refractivity contribution >= 4 is 11.8 Å². The maximum absolute atomic E-state index is 3.85. The van der Waals surface area contributed by atoms with Gasteiger partial charge in [-0.1, -0.05) is 12.2 Å². The molecule has 0 bridgehead atoms. The summed E-state index contributed by atoms with van der Waals surface area (Å²) in [6.45, 7) is 4.80. The van der Waals surface area contributed by atoms with Crippen LogP contribution in [0.3, 0.4) is 0 Å². The van der Waals surface area contributed by atoms with Gasteiger partial charge >= 0.3 is 0 Å². The van der Waals surface area contributed by atoms with E-state index in [1.807, 2.05) is 18.8 Å². The Morgan fingerprint density at radius 1 is 1.75 bits per heavy atom. The van der Waals surface area contributed by atoms with Crippen LogP contribution in [0.15, 0.2) is 12.2 Å². The number of nitrogens with one attached hydrogen (secondary N) is 1. The van der Waals surface area contributed by atoms with Gasteiger partial charge in [-0.25, -0.2) is 0 Å². The van der Waals surface area contributed by atoms with Gasteiger partial charge in [-0.2, -0.15) is 11.8 Å². The van der Waals surface area contributed by atoms with Crippen LogP contribution in [0.4, 0.5) is 0 Å². The van der Waals surface area contributed by atoms with E-state index in [1.165, 1.54) is 5.57 Å². The van der Waals surface area contributed by atoms with E-state index in [2.05, 4.69) is 18.2 Å². The van der Waals surface area contributed by atoms with Gasteiger partial charge in [0.2, 0.25) is 0 Å². The zero-order valence-electron chi connectivity index (χ0n) is 5.53. The number of hydrogen-bond acceptors (Lipinski definition) is 2. The molecule has 0 heterocycles. The second kappa shape index (κ2) is 5.19. The minimum Gasteiger partial charge on any atom is -0.316 e. The predicted octanol–water partition coefficient (Wildman–Crippen LogP) is 1.12. The Bertz CT molecular complexity index is 62.9. The number of thioether (sulfide) groups is 1. The molecule has 0 aromatic heterocycles. The average molecular weight is 131 g/mol. The van der Waals surface area contributed by atoms with Gasteiger partial charge < -0.3 is 5.32 Å². The monoisotopic (exact) mass is 131 g/mol. The molecule has 0 aromatic rings. The van der Waals surface area contributed by atoms with Crippen molar-refractivity contribution in [2.75, 3.05) is 25.6 Å². The largest absolute Gasteiger partial charge is 0.316 e. The van der Waals surface area contributed by atoms with Crippen molar-refractivity contribution in [2.45, 2.75) is 0 Å². The molecule has 0 saturated carbocycles. The SMILES string of the molecule is C=C(CNC)CSC. The summed E-state index contributed by atoms with van der Waals surface area (Å²) >= 11 is 1.81. The van der Waals surface area contributed by atoms with E-state index in [-0.39, 0.29) is 0 Å². The molecule has 0 amide bonds. The van der Waals surface area contributed by atoms with Crippen molar-refractivity contribution in [3.05, 3.63) is 12.2 Å². The minimum atomic E-state index is 0.945. The summed E-state index contributed by atoms with van der Waals surface area (Å²) in [4.78, 5) is 0. The molecule has 1 nitrogen and oxygen atoms in total. The molecule has 0 atom stereocenters. The highest BCUT2D eigenvalue weighted by Crippen LogP contribution is 1.98. The summed E-state index contributed by atoms with van der Waals surface area (Å²) in [6, 6.07) is 0. The van der Waals surface area contributed by atoms with Gasteiger partial charge in [0.1, 0.15) is 0 Å². The van der Waals surface area contributed by atoms with Gasteiger partial charge in [-0.15, -0.1) is 0 Å².